The van der Waals surface area contributed by atoms with Gasteiger partial charge >= 0.3 is 0 Å². The van der Waals surface area contributed by atoms with E-state index >= 15 is 0 Å². The number of benzene rings is 1. The molecule has 0 saturated heterocycles. The highest BCUT2D eigenvalue weighted by Gasteiger charge is 2.36. The maximum atomic E-state index is 12.4. The van der Waals surface area contributed by atoms with Crippen LogP contribution in [0.4, 0.5) is 0 Å². The molecule has 1 aromatic heterocycles. The first kappa shape index (κ1) is 16.1. The van der Waals surface area contributed by atoms with Gasteiger partial charge in [0.25, 0.3) is 11.5 Å². The lowest BCUT2D eigenvalue weighted by molar-refractivity contribution is 0.0625. The molecule has 7 heteroatoms. The summed E-state index contributed by atoms with van der Waals surface area (Å²) in [6.45, 7) is 0. The maximum Gasteiger partial charge on any atom is 0.277 e. The van der Waals surface area contributed by atoms with Gasteiger partial charge in [0.15, 0.2) is 0 Å². The summed E-state index contributed by atoms with van der Waals surface area (Å²) >= 11 is 6.87. The van der Waals surface area contributed by atoms with Crippen LogP contribution in [0, 0.1) is 0 Å². The van der Waals surface area contributed by atoms with E-state index in [9.17, 15) is 9.59 Å². The highest BCUT2D eigenvalue weighted by Crippen LogP contribution is 2.40. The fourth-order valence-corrected chi connectivity index (χ4v) is 3.84. The molecule has 5 nitrogen and oxygen atoms in total. The highest BCUT2D eigenvalue weighted by molar-refractivity contribution is 7.08. The Balaban J connectivity index is 1.65. The van der Waals surface area contributed by atoms with Gasteiger partial charge in [-0.1, -0.05) is 35.3 Å². The number of aromatic nitrogens is 1. The number of carbonyl (C=O) groups is 1. The number of amides is 1. The van der Waals surface area contributed by atoms with Gasteiger partial charge in [0, 0.05) is 13.1 Å². The van der Waals surface area contributed by atoms with Crippen molar-refractivity contribution in [3.63, 3.8) is 0 Å². The minimum absolute atomic E-state index is 0.0180. The van der Waals surface area contributed by atoms with E-state index in [-0.39, 0.29) is 21.8 Å². The molecule has 122 valence electrons. The Kier molecular flexibility index (Phi) is 4.46. The van der Waals surface area contributed by atoms with E-state index in [1.807, 2.05) is 18.2 Å². The van der Waals surface area contributed by atoms with E-state index in [0.717, 1.165) is 30.1 Å². The summed E-state index contributed by atoms with van der Waals surface area (Å²) in [6, 6.07) is 8.18. The van der Waals surface area contributed by atoms with Crippen LogP contribution in [0.25, 0.3) is 0 Å². The molecule has 2 aromatic rings. The fourth-order valence-electron chi connectivity index (χ4n) is 2.83. The van der Waals surface area contributed by atoms with Gasteiger partial charge in [-0.25, -0.2) is 0 Å². The van der Waals surface area contributed by atoms with E-state index in [4.69, 9.17) is 16.3 Å². The summed E-state index contributed by atoms with van der Waals surface area (Å²) in [7, 11) is 3.41. The zero-order chi connectivity index (χ0) is 16.6. The van der Waals surface area contributed by atoms with Crippen molar-refractivity contribution in [1.82, 2.24) is 9.27 Å². The molecule has 23 heavy (non-hydrogen) atoms. The molecule has 0 radical (unpaired) electrons. The van der Waals surface area contributed by atoms with Gasteiger partial charge in [0.05, 0.1) is 7.11 Å². The standard InChI is InChI=1S/C16H17ClN2O3S/c1-19(16(21)14-13(17)15(20)18-23-14)11-6-10(7-11)9-4-3-5-12(8-9)22-2/h3-5,8,10-11H,6-7H2,1-2H3,(H,18,20). The van der Waals surface area contributed by atoms with Crippen molar-refractivity contribution in [3.8, 4) is 5.75 Å². The average Bonchev–Trinajstić information content (AvgIpc) is 2.85. The minimum Gasteiger partial charge on any atom is -0.497 e. The highest BCUT2D eigenvalue weighted by atomic mass is 35.5. The summed E-state index contributed by atoms with van der Waals surface area (Å²) in [5.41, 5.74) is 0.821. The van der Waals surface area contributed by atoms with E-state index in [0.29, 0.717) is 5.92 Å². The Morgan fingerprint density at radius 1 is 1.43 bits per heavy atom. The van der Waals surface area contributed by atoms with Crippen LogP contribution in [0.15, 0.2) is 29.1 Å². The van der Waals surface area contributed by atoms with Crippen LogP contribution in [0.3, 0.4) is 0 Å². The lowest BCUT2D eigenvalue weighted by Gasteiger charge is -2.41. The van der Waals surface area contributed by atoms with Crippen LogP contribution >= 0.6 is 23.1 Å². The smallest absolute Gasteiger partial charge is 0.277 e. The zero-order valence-corrected chi connectivity index (χ0v) is 14.4. The summed E-state index contributed by atoms with van der Waals surface area (Å²) in [6.07, 6.45) is 1.79. The molecule has 0 bridgehead atoms. The van der Waals surface area contributed by atoms with Crippen LogP contribution < -0.4 is 10.3 Å². The predicted molar refractivity (Wildman–Crippen MR) is 90.8 cm³/mol. The number of methoxy groups -OCH3 is 1. The molecule has 3 rings (SSSR count). The van der Waals surface area contributed by atoms with Crippen molar-refractivity contribution >= 4 is 29.0 Å². The second kappa shape index (κ2) is 6.37. The maximum absolute atomic E-state index is 12.4. The number of carbonyl (C=O) groups excluding carboxylic acids is 1. The molecular weight excluding hydrogens is 336 g/mol. The van der Waals surface area contributed by atoms with E-state index < -0.39 is 5.56 Å². The van der Waals surface area contributed by atoms with Crippen LogP contribution in [-0.4, -0.2) is 35.4 Å². The number of ether oxygens (including phenoxy) is 1. The van der Waals surface area contributed by atoms with Gasteiger partial charge < -0.3 is 9.64 Å². The van der Waals surface area contributed by atoms with Crippen LogP contribution in [0.5, 0.6) is 5.75 Å². The first-order valence-electron chi connectivity index (χ1n) is 7.29. The molecule has 0 unspecified atom stereocenters. The predicted octanol–water partition coefficient (Wildman–Crippen LogP) is 3.12. The topological polar surface area (TPSA) is 62.4 Å². The summed E-state index contributed by atoms with van der Waals surface area (Å²) < 4.78 is 7.74. The molecule has 1 fully saturated rings. The van der Waals surface area contributed by atoms with Crippen molar-refractivity contribution in [2.24, 2.45) is 0 Å². The summed E-state index contributed by atoms with van der Waals surface area (Å²) in [5, 5.41) is -0.0180. The minimum atomic E-state index is -0.406. The van der Waals surface area contributed by atoms with Crippen LogP contribution in [0.2, 0.25) is 5.02 Å². The third kappa shape index (κ3) is 3.01. The van der Waals surface area contributed by atoms with Gasteiger partial charge in [0.1, 0.15) is 15.6 Å². The number of hydrogen-bond donors (Lipinski definition) is 1. The Bertz CT molecular complexity index is 780. The van der Waals surface area contributed by atoms with E-state index in [2.05, 4.69) is 10.4 Å². The number of nitrogens with zero attached hydrogens (tertiary/aromatic N) is 1. The number of rotatable bonds is 4. The molecule has 1 saturated carbocycles. The zero-order valence-electron chi connectivity index (χ0n) is 12.8. The third-order valence-electron chi connectivity index (χ3n) is 4.39. The lowest BCUT2D eigenvalue weighted by Crippen LogP contribution is -2.44. The van der Waals surface area contributed by atoms with E-state index in [1.165, 1.54) is 5.56 Å². The van der Waals surface area contributed by atoms with Gasteiger partial charge in [-0.2, -0.15) is 0 Å². The largest absolute Gasteiger partial charge is 0.497 e. The van der Waals surface area contributed by atoms with Gasteiger partial charge in [-0.05, 0) is 36.5 Å². The molecule has 1 aliphatic carbocycles. The van der Waals surface area contributed by atoms with E-state index in [1.54, 1.807) is 19.1 Å². The lowest BCUT2D eigenvalue weighted by atomic mass is 9.75. The number of H-pyrrole nitrogens is 1. The Morgan fingerprint density at radius 2 is 2.17 bits per heavy atom. The first-order valence-corrected chi connectivity index (χ1v) is 8.48. The Hall–Kier alpha value is -1.79. The normalized spacial score (nSPS) is 20.0. The molecule has 1 amide bonds. The number of halogens is 1. The number of nitrogens with one attached hydrogen (secondary N) is 1. The van der Waals surface area contributed by atoms with Crippen molar-refractivity contribution in [3.05, 3.63) is 50.1 Å². The molecule has 1 N–H and O–H groups in total. The van der Waals surface area contributed by atoms with Crippen molar-refractivity contribution in [1.29, 1.82) is 0 Å². The molecule has 1 aliphatic rings. The molecule has 0 atom stereocenters. The fraction of sp³-hybridized carbons (Fsp3) is 0.375. The second-order valence-electron chi connectivity index (χ2n) is 5.69. The quantitative estimate of drug-likeness (QED) is 0.919. The number of hydrogen-bond acceptors (Lipinski definition) is 4. The Labute approximate surface area is 143 Å². The Morgan fingerprint density at radius 3 is 2.78 bits per heavy atom. The SMILES string of the molecule is COc1cccc(C2CC(N(C)C(=O)c3s[nH]c(=O)c3Cl)C2)c1. The summed E-state index contributed by atoms with van der Waals surface area (Å²) in [5.74, 6) is 1.07. The average molecular weight is 353 g/mol. The molecule has 1 aromatic carbocycles. The van der Waals surface area contributed by atoms with Crippen LogP contribution in [-0.2, 0) is 0 Å². The van der Waals surface area contributed by atoms with Gasteiger partial charge in [-0.15, -0.1) is 0 Å². The van der Waals surface area contributed by atoms with Crippen molar-refractivity contribution in [2.45, 2.75) is 24.8 Å². The monoisotopic (exact) mass is 352 g/mol. The number of aromatic amines is 1. The molecular formula is C16H17ClN2O3S. The first-order chi connectivity index (χ1) is 11.0. The van der Waals surface area contributed by atoms with Crippen molar-refractivity contribution in [2.75, 3.05) is 14.2 Å². The summed E-state index contributed by atoms with van der Waals surface area (Å²) in [4.78, 5) is 25.8. The van der Waals surface area contributed by atoms with Gasteiger partial charge in [0.2, 0.25) is 0 Å². The molecule has 0 aliphatic heterocycles. The van der Waals surface area contributed by atoms with Crippen LogP contribution in [0.1, 0.15) is 34.0 Å². The van der Waals surface area contributed by atoms with Gasteiger partial charge in [-0.3, -0.25) is 14.0 Å². The second-order valence-corrected chi connectivity index (χ2v) is 6.89. The third-order valence-corrected chi connectivity index (χ3v) is 5.73. The van der Waals surface area contributed by atoms with Crippen molar-refractivity contribution < 1.29 is 9.53 Å². The molecule has 1 heterocycles. The molecule has 0 spiro atoms.